The molecule has 0 atom stereocenters. The van der Waals surface area contributed by atoms with Gasteiger partial charge in [0, 0.05) is 18.3 Å². The first-order valence-electron chi connectivity index (χ1n) is 6.15. The van der Waals surface area contributed by atoms with Crippen LogP contribution in [0.25, 0.3) is 22.2 Å². The van der Waals surface area contributed by atoms with Crippen molar-refractivity contribution in [2.24, 2.45) is 7.05 Å². The van der Waals surface area contributed by atoms with Gasteiger partial charge in [-0.05, 0) is 30.7 Å². The Labute approximate surface area is 115 Å². The number of pyridine rings is 1. The minimum atomic E-state index is -0.358. The van der Waals surface area contributed by atoms with E-state index in [2.05, 4.69) is 9.97 Å². The molecule has 5 nitrogen and oxygen atoms in total. The lowest BCUT2D eigenvalue weighted by Crippen LogP contribution is -2.12. The van der Waals surface area contributed by atoms with Gasteiger partial charge in [-0.3, -0.25) is 4.79 Å². The van der Waals surface area contributed by atoms with E-state index in [0.717, 1.165) is 22.3 Å². The van der Waals surface area contributed by atoms with Crippen molar-refractivity contribution >= 4 is 11.0 Å². The molecule has 0 saturated heterocycles. The van der Waals surface area contributed by atoms with E-state index in [1.807, 2.05) is 41.9 Å². The van der Waals surface area contributed by atoms with Crippen molar-refractivity contribution < 1.29 is 0 Å². The molecule has 0 radical (unpaired) electrons. The van der Waals surface area contributed by atoms with Crippen LogP contribution in [0.5, 0.6) is 0 Å². The summed E-state index contributed by atoms with van der Waals surface area (Å²) < 4.78 is 1.92. The fraction of sp³-hybridized carbons (Fsp3) is 0.133. The number of hydrogen-bond acceptors (Lipinski definition) is 3. The van der Waals surface area contributed by atoms with Crippen molar-refractivity contribution in [2.45, 2.75) is 6.92 Å². The van der Waals surface area contributed by atoms with Crippen LogP contribution in [0.2, 0.25) is 0 Å². The number of H-pyrrole nitrogens is 1. The molecule has 0 unspecified atom stereocenters. The molecule has 2 heterocycles. The standard InChI is InChI=1S/C15H12N4O/c1-9-5-11(12(7-16)15(20)18-9)10-3-4-14-13(6-10)17-8-19(14)2/h3-6,8H,1-2H3,(H,18,20). The van der Waals surface area contributed by atoms with Crippen LogP contribution in [0.4, 0.5) is 0 Å². The van der Waals surface area contributed by atoms with E-state index >= 15 is 0 Å². The van der Waals surface area contributed by atoms with Gasteiger partial charge in [-0.15, -0.1) is 0 Å². The fourth-order valence-electron chi connectivity index (χ4n) is 2.33. The summed E-state index contributed by atoms with van der Waals surface area (Å²) in [6, 6.07) is 9.52. The first-order chi connectivity index (χ1) is 9.60. The molecule has 3 aromatic rings. The van der Waals surface area contributed by atoms with Gasteiger partial charge in [0.25, 0.3) is 5.56 Å². The number of aryl methyl sites for hydroxylation is 2. The Morgan fingerprint density at radius 1 is 1.35 bits per heavy atom. The summed E-state index contributed by atoms with van der Waals surface area (Å²) in [4.78, 5) is 18.8. The van der Waals surface area contributed by atoms with Crippen molar-refractivity contribution in [1.29, 1.82) is 5.26 Å². The lowest BCUT2D eigenvalue weighted by Gasteiger charge is -2.05. The third-order valence-corrected chi connectivity index (χ3v) is 3.32. The minimum Gasteiger partial charge on any atom is -0.334 e. The number of rotatable bonds is 1. The molecule has 0 spiro atoms. The second-order valence-corrected chi connectivity index (χ2v) is 4.74. The van der Waals surface area contributed by atoms with Gasteiger partial charge < -0.3 is 9.55 Å². The van der Waals surface area contributed by atoms with Crippen LogP contribution < -0.4 is 5.56 Å². The maximum Gasteiger partial charge on any atom is 0.266 e. The highest BCUT2D eigenvalue weighted by molar-refractivity contribution is 5.83. The van der Waals surface area contributed by atoms with E-state index in [1.165, 1.54) is 0 Å². The lowest BCUT2D eigenvalue weighted by molar-refractivity contribution is 0.948. The Morgan fingerprint density at radius 2 is 2.15 bits per heavy atom. The van der Waals surface area contributed by atoms with E-state index in [1.54, 1.807) is 13.3 Å². The Balaban J connectivity index is 2.31. The molecular weight excluding hydrogens is 252 g/mol. The van der Waals surface area contributed by atoms with Gasteiger partial charge >= 0.3 is 0 Å². The van der Waals surface area contributed by atoms with Crippen molar-refractivity contribution in [1.82, 2.24) is 14.5 Å². The molecule has 0 aliphatic heterocycles. The number of hydrogen-bond donors (Lipinski definition) is 1. The minimum absolute atomic E-state index is 0.130. The number of nitriles is 1. The average molecular weight is 264 g/mol. The van der Waals surface area contributed by atoms with Crippen LogP contribution in [0.1, 0.15) is 11.3 Å². The highest BCUT2D eigenvalue weighted by Gasteiger charge is 2.11. The zero-order valence-electron chi connectivity index (χ0n) is 11.1. The lowest BCUT2D eigenvalue weighted by atomic mass is 10.0. The number of nitrogens with zero attached hydrogens (tertiary/aromatic N) is 3. The second-order valence-electron chi connectivity index (χ2n) is 4.74. The van der Waals surface area contributed by atoms with Crippen molar-refractivity contribution in [3.05, 3.63) is 52.2 Å². The van der Waals surface area contributed by atoms with Crippen LogP contribution in [-0.2, 0) is 7.05 Å². The Bertz CT molecular complexity index is 912. The molecule has 98 valence electrons. The molecule has 5 heteroatoms. The molecule has 20 heavy (non-hydrogen) atoms. The summed E-state index contributed by atoms with van der Waals surface area (Å²) in [6.07, 6.45) is 1.74. The molecular formula is C15H12N4O. The predicted molar refractivity (Wildman–Crippen MR) is 76.2 cm³/mol. The summed E-state index contributed by atoms with van der Waals surface area (Å²) >= 11 is 0. The highest BCUT2D eigenvalue weighted by atomic mass is 16.1. The van der Waals surface area contributed by atoms with Crippen LogP contribution in [0.15, 0.2) is 35.4 Å². The summed E-state index contributed by atoms with van der Waals surface area (Å²) in [7, 11) is 1.92. The molecule has 0 fully saturated rings. The quantitative estimate of drug-likeness (QED) is 0.731. The van der Waals surface area contributed by atoms with E-state index < -0.39 is 0 Å². The number of imidazole rings is 1. The van der Waals surface area contributed by atoms with Gasteiger partial charge in [-0.2, -0.15) is 5.26 Å². The second kappa shape index (κ2) is 4.35. The summed E-state index contributed by atoms with van der Waals surface area (Å²) in [5.74, 6) is 0. The van der Waals surface area contributed by atoms with Crippen LogP contribution in [0, 0.1) is 18.3 Å². The van der Waals surface area contributed by atoms with E-state index in [-0.39, 0.29) is 11.1 Å². The van der Waals surface area contributed by atoms with E-state index in [0.29, 0.717) is 5.56 Å². The molecule has 1 N–H and O–H groups in total. The SMILES string of the molecule is Cc1cc(-c2ccc3c(c2)ncn3C)c(C#N)c(=O)[nH]1. The van der Waals surface area contributed by atoms with Gasteiger partial charge in [0.1, 0.15) is 11.6 Å². The average Bonchev–Trinajstić information content (AvgIpc) is 2.79. The summed E-state index contributed by atoms with van der Waals surface area (Å²) in [6.45, 7) is 1.80. The maximum atomic E-state index is 11.8. The molecule has 0 amide bonds. The first kappa shape index (κ1) is 12.2. The maximum absolute atomic E-state index is 11.8. The summed E-state index contributed by atoms with van der Waals surface area (Å²) in [5, 5.41) is 9.18. The number of benzene rings is 1. The normalized spacial score (nSPS) is 10.7. The topological polar surface area (TPSA) is 74.5 Å². The monoisotopic (exact) mass is 264 g/mol. The number of nitrogens with one attached hydrogen (secondary N) is 1. The smallest absolute Gasteiger partial charge is 0.266 e. The zero-order chi connectivity index (χ0) is 14.3. The van der Waals surface area contributed by atoms with Gasteiger partial charge in [0.15, 0.2) is 0 Å². The number of aromatic nitrogens is 3. The van der Waals surface area contributed by atoms with Gasteiger partial charge in [-0.25, -0.2) is 4.98 Å². The third-order valence-electron chi connectivity index (χ3n) is 3.32. The number of fused-ring (bicyclic) bond motifs is 1. The van der Waals surface area contributed by atoms with E-state index in [9.17, 15) is 10.1 Å². The Kier molecular flexibility index (Phi) is 2.65. The molecule has 0 bridgehead atoms. The fourth-order valence-corrected chi connectivity index (χ4v) is 2.33. The van der Waals surface area contributed by atoms with Crippen LogP contribution in [-0.4, -0.2) is 14.5 Å². The number of aromatic amines is 1. The molecule has 0 saturated carbocycles. The van der Waals surface area contributed by atoms with Crippen molar-refractivity contribution in [2.75, 3.05) is 0 Å². The van der Waals surface area contributed by atoms with Gasteiger partial charge in [0.2, 0.25) is 0 Å². The summed E-state index contributed by atoms with van der Waals surface area (Å²) in [5.41, 5.74) is 3.81. The van der Waals surface area contributed by atoms with Crippen LogP contribution >= 0.6 is 0 Å². The van der Waals surface area contributed by atoms with Crippen LogP contribution in [0.3, 0.4) is 0 Å². The van der Waals surface area contributed by atoms with Gasteiger partial charge in [-0.1, -0.05) is 6.07 Å². The Morgan fingerprint density at radius 3 is 2.90 bits per heavy atom. The highest BCUT2D eigenvalue weighted by Crippen LogP contribution is 2.25. The zero-order valence-corrected chi connectivity index (χ0v) is 11.1. The molecule has 1 aromatic carbocycles. The van der Waals surface area contributed by atoms with Crippen molar-refractivity contribution in [3.8, 4) is 17.2 Å². The Hall–Kier alpha value is -2.87. The molecule has 2 aromatic heterocycles. The molecule has 0 aliphatic carbocycles. The molecule has 3 rings (SSSR count). The largest absolute Gasteiger partial charge is 0.334 e. The molecule has 0 aliphatic rings. The first-order valence-corrected chi connectivity index (χ1v) is 6.15. The van der Waals surface area contributed by atoms with Crippen molar-refractivity contribution in [3.63, 3.8) is 0 Å². The predicted octanol–water partition coefficient (Wildman–Crippen LogP) is 2.11. The third kappa shape index (κ3) is 1.79. The van der Waals surface area contributed by atoms with E-state index in [4.69, 9.17) is 0 Å². The van der Waals surface area contributed by atoms with Gasteiger partial charge in [0.05, 0.1) is 17.4 Å².